The van der Waals surface area contributed by atoms with Crippen LogP contribution in [0.15, 0.2) is 41.4 Å². The van der Waals surface area contributed by atoms with Crippen molar-refractivity contribution < 1.29 is 5.11 Å². The van der Waals surface area contributed by atoms with Crippen LogP contribution in [0.5, 0.6) is 5.75 Å². The fourth-order valence-electron chi connectivity index (χ4n) is 2.06. The predicted molar refractivity (Wildman–Crippen MR) is 100 cm³/mol. The van der Waals surface area contributed by atoms with E-state index in [-0.39, 0.29) is 5.75 Å². The van der Waals surface area contributed by atoms with Crippen molar-refractivity contribution in [1.82, 2.24) is 0 Å². The van der Waals surface area contributed by atoms with Crippen LogP contribution in [-0.4, -0.2) is 11.3 Å². The van der Waals surface area contributed by atoms with E-state index in [2.05, 4.69) is 17.8 Å². The first-order valence-electron chi connectivity index (χ1n) is 7.76. The summed E-state index contributed by atoms with van der Waals surface area (Å²) in [7, 11) is 0. The van der Waals surface area contributed by atoms with E-state index in [1.807, 2.05) is 38.1 Å². The first kappa shape index (κ1) is 18.8. The van der Waals surface area contributed by atoms with E-state index in [9.17, 15) is 5.11 Å². The lowest BCUT2D eigenvalue weighted by Crippen LogP contribution is -1.91. The Morgan fingerprint density at radius 3 is 2.65 bits per heavy atom. The minimum Gasteiger partial charge on any atom is -0.507 e. The fourth-order valence-corrected chi connectivity index (χ4v) is 2.31. The van der Waals surface area contributed by atoms with Crippen LogP contribution in [0.25, 0.3) is 0 Å². The maximum atomic E-state index is 10.2. The molecule has 0 aromatic heterocycles. The number of benzene rings is 2. The number of rotatable bonds is 4. The highest BCUT2D eigenvalue weighted by Gasteiger charge is 2.07. The van der Waals surface area contributed by atoms with Gasteiger partial charge in [0.15, 0.2) is 0 Å². The number of terminal acetylenes is 1. The average Bonchev–Trinajstić information content (AvgIpc) is 2.58. The first-order chi connectivity index (χ1) is 11.1. The normalized spacial score (nSPS) is 10.0. The van der Waals surface area contributed by atoms with Crippen LogP contribution in [0, 0.1) is 12.3 Å². The quantitative estimate of drug-likeness (QED) is 0.562. The van der Waals surface area contributed by atoms with Crippen LogP contribution >= 0.6 is 11.6 Å². The second-order valence-corrected chi connectivity index (χ2v) is 5.14. The molecule has 23 heavy (non-hydrogen) atoms. The number of hydrogen-bond donors (Lipinski definition) is 1. The third-order valence-electron chi connectivity index (χ3n) is 3.07. The molecule has 0 saturated carbocycles. The molecule has 0 unspecified atom stereocenters. The Hall–Kier alpha value is -2.24. The number of aryl methyl sites for hydroxylation is 1. The highest BCUT2D eigenvalue weighted by molar-refractivity contribution is 6.31. The zero-order valence-electron chi connectivity index (χ0n) is 13.8. The number of nitrogens with zero attached hydrogens (tertiary/aromatic N) is 1. The summed E-state index contributed by atoms with van der Waals surface area (Å²) < 4.78 is 0. The van der Waals surface area contributed by atoms with Crippen LogP contribution in [0.1, 0.15) is 43.9 Å². The van der Waals surface area contributed by atoms with Crippen LogP contribution in [0.4, 0.5) is 5.69 Å². The van der Waals surface area contributed by atoms with E-state index in [0.29, 0.717) is 10.6 Å². The molecule has 2 rings (SSSR count). The van der Waals surface area contributed by atoms with Crippen molar-refractivity contribution in [3.8, 4) is 18.1 Å². The molecule has 1 N–H and O–H groups in total. The average molecular weight is 328 g/mol. The SMILES string of the molecule is C#Cc1cccc(N=Cc2cc(Cl)cc(CCC)c2O)c1.CC. The molecule has 2 nitrogen and oxygen atoms in total. The maximum absolute atomic E-state index is 10.2. The molecule has 0 bridgehead atoms. The Morgan fingerprint density at radius 1 is 1.26 bits per heavy atom. The van der Waals surface area contributed by atoms with Gasteiger partial charge in [-0.25, -0.2) is 0 Å². The van der Waals surface area contributed by atoms with Gasteiger partial charge >= 0.3 is 0 Å². The van der Waals surface area contributed by atoms with Gasteiger partial charge in [-0.05, 0) is 42.3 Å². The van der Waals surface area contributed by atoms with Gasteiger partial charge in [-0.3, -0.25) is 4.99 Å². The van der Waals surface area contributed by atoms with Gasteiger partial charge in [0.05, 0.1) is 5.69 Å². The summed E-state index contributed by atoms with van der Waals surface area (Å²) in [6.07, 6.45) is 8.69. The number of hydrogen-bond acceptors (Lipinski definition) is 2. The standard InChI is InChI=1S/C18H16ClNO.C2H6/c1-3-6-14-10-16(19)11-15(18(14)21)12-20-17-8-5-7-13(4-2)9-17;1-2/h2,5,7-12,21H,3,6H2,1H3;1-2H3. The summed E-state index contributed by atoms with van der Waals surface area (Å²) in [6, 6.07) is 10.8. The van der Waals surface area contributed by atoms with Crippen molar-refractivity contribution in [3.05, 3.63) is 58.1 Å². The summed E-state index contributed by atoms with van der Waals surface area (Å²) in [4.78, 5) is 4.35. The van der Waals surface area contributed by atoms with Gasteiger partial charge < -0.3 is 5.11 Å². The van der Waals surface area contributed by atoms with E-state index in [4.69, 9.17) is 18.0 Å². The maximum Gasteiger partial charge on any atom is 0.127 e. The van der Waals surface area contributed by atoms with Crippen LogP contribution in [0.3, 0.4) is 0 Å². The van der Waals surface area contributed by atoms with Gasteiger partial charge in [0.2, 0.25) is 0 Å². The number of aliphatic imine (C=N–C) groups is 1. The number of aromatic hydroxyl groups is 1. The van der Waals surface area contributed by atoms with Crippen molar-refractivity contribution >= 4 is 23.5 Å². The molecule has 0 aliphatic heterocycles. The van der Waals surface area contributed by atoms with Crippen molar-refractivity contribution in [1.29, 1.82) is 0 Å². The summed E-state index contributed by atoms with van der Waals surface area (Å²) in [6.45, 7) is 6.05. The summed E-state index contributed by atoms with van der Waals surface area (Å²) in [5, 5.41) is 10.8. The molecule has 0 spiro atoms. The molecular formula is C20H22ClNO. The van der Waals surface area contributed by atoms with E-state index in [1.165, 1.54) is 0 Å². The minimum atomic E-state index is 0.234. The number of phenols is 1. The van der Waals surface area contributed by atoms with Crippen molar-refractivity contribution in [3.63, 3.8) is 0 Å². The zero-order chi connectivity index (χ0) is 17.2. The molecule has 120 valence electrons. The fraction of sp³-hybridized carbons (Fsp3) is 0.250. The van der Waals surface area contributed by atoms with Crippen LogP contribution < -0.4 is 0 Å². The zero-order valence-corrected chi connectivity index (χ0v) is 14.6. The molecule has 0 aliphatic rings. The Bertz CT molecular complexity index is 714. The highest BCUT2D eigenvalue weighted by atomic mass is 35.5. The van der Waals surface area contributed by atoms with Gasteiger partial charge in [0.1, 0.15) is 5.75 Å². The number of halogens is 1. The molecule has 0 amide bonds. The van der Waals surface area contributed by atoms with E-state index in [1.54, 1.807) is 18.3 Å². The third-order valence-corrected chi connectivity index (χ3v) is 3.29. The molecule has 0 aliphatic carbocycles. The molecule has 3 heteroatoms. The molecule has 0 saturated heterocycles. The smallest absolute Gasteiger partial charge is 0.127 e. The topological polar surface area (TPSA) is 32.6 Å². The molecular weight excluding hydrogens is 306 g/mol. The minimum absolute atomic E-state index is 0.234. The molecule has 0 heterocycles. The highest BCUT2D eigenvalue weighted by Crippen LogP contribution is 2.27. The molecule has 0 radical (unpaired) electrons. The summed E-state index contributed by atoms with van der Waals surface area (Å²) in [5.74, 6) is 2.80. The second-order valence-electron chi connectivity index (χ2n) is 4.71. The predicted octanol–water partition coefficient (Wildman–Crippen LogP) is 5.76. The summed E-state index contributed by atoms with van der Waals surface area (Å²) in [5.41, 5.74) is 2.95. The third kappa shape index (κ3) is 5.47. The van der Waals surface area contributed by atoms with Gasteiger partial charge in [0, 0.05) is 22.4 Å². The van der Waals surface area contributed by atoms with E-state index >= 15 is 0 Å². The van der Waals surface area contributed by atoms with E-state index < -0.39 is 0 Å². The molecule has 0 fully saturated rings. The monoisotopic (exact) mass is 327 g/mol. The van der Waals surface area contributed by atoms with Crippen LogP contribution in [-0.2, 0) is 6.42 Å². The van der Waals surface area contributed by atoms with Gasteiger partial charge in [-0.15, -0.1) is 6.42 Å². The lowest BCUT2D eigenvalue weighted by molar-refractivity contribution is 0.467. The van der Waals surface area contributed by atoms with Gasteiger partial charge in [-0.2, -0.15) is 0 Å². The van der Waals surface area contributed by atoms with Crippen molar-refractivity contribution in [2.75, 3.05) is 0 Å². The first-order valence-corrected chi connectivity index (χ1v) is 8.14. The van der Waals surface area contributed by atoms with E-state index in [0.717, 1.165) is 29.7 Å². The molecule has 0 atom stereocenters. The van der Waals surface area contributed by atoms with Crippen molar-refractivity contribution in [2.24, 2.45) is 4.99 Å². The lowest BCUT2D eigenvalue weighted by atomic mass is 10.1. The Morgan fingerprint density at radius 2 is 2.00 bits per heavy atom. The van der Waals surface area contributed by atoms with Crippen molar-refractivity contribution in [2.45, 2.75) is 33.6 Å². The Kier molecular flexibility index (Phi) is 7.94. The Balaban J connectivity index is 0.00000127. The summed E-state index contributed by atoms with van der Waals surface area (Å²) >= 11 is 6.09. The largest absolute Gasteiger partial charge is 0.507 e. The van der Waals surface area contributed by atoms with Gasteiger partial charge in [0.25, 0.3) is 0 Å². The second kappa shape index (κ2) is 9.71. The molecule has 2 aromatic rings. The van der Waals surface area contributed by atoms with Gasteiger partial charge in [-0.1, -0.05) is 50.8 Å². The van der Waals surface area contributed by atoms with Crippen LogP contribution in [0.2, 0.25) is 5.02 Å². The lowest BCUT2D eigenvalue weighted by Gasteiger charge is -2.07. The molecule has 2 aromatic carbocycles. The number of phenolic OH excluding ortho intramolecular Hbond substituents is 1. The Labute approximate surface area is 143 Å².